The quantitative estimate of drug-likeness (QED) is 0.357. The number of nitrogens with zero attached hydrogens (tertiary/aromatic N) is 3. The smallest absolute Gasteiger partial charge is 0.271 e. The van der Waals surface area contributed by atoms with Gasteiger partial charge in [0.25, 0.3) is 11.6 Å². The highest BCUT2D eigenvalue weighted by Crippen LogP contribution is 2.19. The van der Waals surface area contributed by atoms with Crippen molar-refractivity contribution in [2.24, 2.45) is 0 Å². The molecule has 1 aromatic carbocycles. The van der Waals surface area contributed by atoms with E-state index in [0.29, 0.717) is 6.42 Å². The molecule has 132 valence electrons. The van der Waals surface area contributed by atoms with Crippen LogP contribution in [-0.4, -0.2) is 48.7 Å². The van der Waals surface area contributed by atoms with E-state index in [0.717, 1.165) is 0 Å². The average molecular weight is 364 g/mol. The van der Waals surface area contributed by atoms with E-state index in [1.54, 1.807) is 13.1 Å². The summed E-state index contributed by atoms with van der Waals surface area (Å²) in [6.45, 7) is 0. The van der Waals surface area contributed by atoms with Crippen LogP contribution < -0.4 is 5.32 Å². The van der Waals surface area contributed by atoms with Gasteiger partial charge in [-0.05, 0) is 12.5 Å². The Kier molecular flexibility index (Phi) is 5.38. The van der Waals surface area contributed by atoms with Crippen molar-refractivity contribution in [1.29, 1.82) is 5.26 Å². The van der Waals surface area contributed by atoms with E-state index >= 15 is 0 Å². The van der Waals surface area contributed by atoms with Crippen molar-refractivity contribution in [1.82, 2.24) is 4.90 Å². The fourth-order valence-electron chi connectivity index (χ4n) is 2.44. The molecule has 1 amide bonds. The molecule has 1 atom stereocenters. The Labute approximate surface area is 144 Å². The standard InChI is InChI=1S/C15H16N4O5S/c1-18(14-5-6-25(23,24)10-14)9-11(8-16)15(20)17-12-3-2-4-13(7-12)19(21)22/h2-4,7,9,14H,5-6,10H2,1H3,(H,17,20)/b11-9-. The molecule has 0 aliphatic carbocycles. The highest BCUT2D eigenvalue weighted by molar-refractivity contribution is 7.91. The van der Waals surface area contributed by atoms with Crippen molar-refractivity contribution < 1.29 is 18.1 Å². The summed E-state index contributed by atoms with van der Waals surface area (Å²) in [6, 6.07) is 6.81. The van der Waals surface area contributed by atoms with Gasteiger partial charge in [0.05, 0.1) is 16.4 Å². The van der Waals surface area contributed by atoms with Crippen LogP contribution in [0.1, 0.15) is 6.42 Å². The molecule has 1 aliphatic heterocycles. The van der Waals surface area contributed by atoms with Crippen molar-refractivity contribution >= 4 is 27.1 Å². The van der Waals surface area contributed by atoms with Crippen LogP contribution in [0.4, 0.5) is 11.4 Å². The number of carbonyl (C=O) groups is 1. The monoisotopic (exact) mass is 364 g/mol. The number of carbonyl (C=O) groups excluding carboxylic acids is 1. The Morgan fingerprint density at radius 1 is 1.52 bits per heavy atom. The number of nitro groups is 1. The summed E-state index contributed by atoms with van der Waals surface area (Å²) in [4.78, 5) is 23.9. The zero-order valence-corrected chi connectivity index (χ0v) is 14.2. The first-order valence-corrected chi connectivity index (χ1v) is 9.14. The summed E-state index contributed by atoms with van der Waals surface area (Å²) in [6.07, 6.45) is 1.72. The third-order valence-electron chi connectivity index (χ3n) is 3.80. The van der Waals surface area contributed by atoms with Gasteiger partial charge in [-0.15, -0.1) is 0 Å². The summed E-state index contributed by atoms with van der Waals surface area (Å²) in [5.41, 5.74) is -0.224. The summed E-state index contributed by atoms with van der Waals surface area (Å²) in [5.74, 6) is -0.668. The molecule has 25 heavy (non-hydrogen) atoms. The SMILES string of the molecule is CN(/C=C(/C#N)C(=O)Nc1cccc([N+](=O)[O-])c1)C1CCS(=O)(=O)C1. The minimum absolute atomic E-state index is 0.0226. The number of rotatable bonds is 5. The molecule has 1 fully saturated rings. The molecular formula is C15H16N4O5S. The van der Waals surface area contributed by atoms with Crippen molar-refractivity contribution in [2.45, 2.75) is 12.5 Å². The number of benzene rings is 1. The minimum atomic E-state index is -3.08. The Balaban J connectivity index is 2.12. The highest BCUT2D eigenvalue weighted by atomic mass is 32.2. The lowest BCUT2D eigenvalue weighted by atomic mass is 10.2. The second kappa shape index (κ2) is 7.31. The van der Waals surface area contributed by atoms with E-state index in [1.807, 2.05) is 0 Å². The highest BCUT2D eigenvalue weighted by Gasteiger charge is 2.30. The molecule has 1 unspecified atom stereocenters. The molecule has 0 aromatic heterocycles. The first kappa shape index (κ1) is 18.4. The predicted octanol–water partition coefficient (Wildman–Crippen LogP) is 1.06. The lowest BCUT2D eigenvalue weighted by molar-refractivity contribution is -0.384. The number of amides is 1. The van der Waals surface area contributed by atoms with Crippen molar-refractivity contribution in [3.05, 3.63) is 46.2 Å². The number of nitro benzene ring substituents is 1. The Hall–Kier alpha value is -2.93. The summed E-state index contributed by atoms with van der Waals surface area (Å²) in [5, 5.41) is 22.3. The maximum absolute atomic E-state index is 12.2. The molecule has 0 spiro atoms. The lowest BCUT2D eigenvalue weighted by Crippen LogP contribution is -2.29. The van der Waals surface area contributed by atoms with Gasteiger partial charge in [0, 0.05) is 37.1 Å². The largest absolute Gasteiger partial charge is 0.375 e. The van der Waals surface area contributed by atoms with Crippen LogP contribution in [0.15, 0.2) is 36.0 Å². The van der Waals surface area contributed by atoms with Crippen molar-refractivity contribution in [3.63, 3.8) is 0 Å². The lowest BCUT2D eigenvalue weighted by Gasteiger charge is -2.21. The summed E-state index contributed by atoms with van der Waals surface area (Å²) < 4.78 is 23.0. The average Bonchev–Trinajstić information content (AvgIpc) is 2.92. The van der Waals surface area contributed by atoms with E-state index in [1.165, 1.54) is 35.4 Å². The first-order chi connectivity index (χ1) is 11.7. The van der Waals surface area contributed by atoms with Gasteiger partial charge in [-0.2, -0.15) is 5.26 Å². The van der Waals surface area contributed by atoms with Crippen LogP contribution in [-0.2, 0) is 14.6 Å². The van der Waals surface area contributed by atoms with Gasteiger partial charge in [0.15, 0.2) is 9.84 Å². The van der Waals surface area contributed by atoms with Gasteiger partial charge in [-0.25, -0.2) is 8.42 Å². The zero-order valence-electron chi connectivity index (χ0n) is 13.4. The van der Waals surface area contributed by atoms with Gasteiger partial charge in [-0.1, -0.05) is 6.07 Å². The van der Waals surface area contributed by atoms with Crippen molar-refractivity contribution in [2.75, 3.05) is 23.9 Å². The molecule has 1 heterocycles. The minimum Gasteiger partial charge on any atom is -0.375 e. The predicted molar refractivity (Wildman–Crippen MR) is 90.2 cm³/mol. The third kappa shape index (κ3) is 4.77. The van der Waals surface area contributed by atoms with Crippen molar-refractivity contribution in [3.8, 4) is 6.07 Å². The fourth-order valence-corrected chi connectivity index (χ4v) is 4.23. The number of sulfone groups is 1. The third-order valence-corrected chi connectivity index (χ3v) is 5.55. The van der Waals surface area contributed by atoms with E-state index in [2.05, 4.69) is 5.32 Å². The number of nitriles is 1. The van der Waals surface area contributed by atoms with Crippen LogP contribution in [0.3, 0.4) is 0 Å². The van der Waals surface area contributed by atoms with Gasteiger partial charge in [0.2, 0.25) is 0 Å². The second-order valence-electron chi connectivity index (χ2n) is 5.64. The number of anilines is 1. The van der Waals surface area contributed by atoms with Gasteiger partial charge >= 0.3 is 0 Å². The Bertz CT molecular complexity index is 872. The summed E-state index contributed by atoms with van der Waals surface area (Å²) in [7, 11) is -1.48. The Morgan fingerprint density at radius 2 is 2.24 bits per heavy atom. The molecule has 10 heteroatoms. The molecule has 1 aromatic rings. The molecule has 0 radical (unpaired) electrons. The molecule has 0 bridgehead atoms. The number of hydrogen-bond acceptors (Lipinski definition) is 7. The van der Waals surface area contributed by atoms with Crippen LogP contribution in [0.5, 0.6) is 0 Å². The van der Waals surface area contributed by atoms with E-state index in [9.17, 15) is 28.6 Å². The van der Waals surface area contributed by atoms with Crippen LogP contribution in [0, 0.1) is 21.4 Å². The molecule has 1 N–H and O–H groups in total. The number of hydrogen-bond donors (Lipinski definition) is 1. The van der Waals surface area contributed by atoms with Gasteiger partial charge < -0.3 is 10.2 Å². The van der Waals surface area contributed by atoms with Crippen LogP contribution in [0.25, 0.3) is 0 Å². The normalized spacial score (nSPS) is 19.0. The summed E-state index contributed by atoms with van der Waals surface area (Å²) >= 11 is 0. The molecule has 1 aliphatic rings. The second-order valence-corrected chi connectivity index (χ2v) is 7.87. The number of nitrogens with one attached hydrogen (secondary N) is 1. The van der Waals surface area contributed by atoms with Crippen LogP contribution >= 0.6 is 0 Å². The first-order valence-electron chi connectivity index (χ1n) is 7.32. The Morgan fingerprint density at radius 3 is 2.80 bits per heavy atom. The topological polar surface area (TPSA) is 133 Å². The van der Waals surface area contributed by atoms with Gasteiger partial charge in [-0.3, -0.25) is 14.9 Å². The molecule has 1 saturated heterocycles. The van der Waals surface area contributed by atoms with E-state index in [4.69, 9.17) is 0 Å². The fraction of sp³-hybridized carbons (Fsp3) is 0.333. The number of non-ortho nitro benzene ring substituents is 1. The molecular weight excluding hydrogens is 348 g/mol. The van der Waals surface area contributed by atoms with E-state index in [-0.39, 0.29) is 34.5 Å². The maximum atomic E-state index is 12.2. The molecule has 2 rings (SSSR count). The molecule has 0 saturated carbocycles. The zero-order chi connectivity index (χ0) is 18.6. The van der Waals surface area contributed by atoms with E-state index < -0.39 is 20.7 Å². The van der Waals surface area contributed by atoms with Gasteiger partial charge in [0.1, 0.15) is 11.6 Å². The molecule has 9 nitrogen and oxygen atoms in total. The van der Waals surface area contributed by atoms with Crippen LogP contribution in [0.2, 0.25) is 0 Å². The maximum Gasteiger partial charge on any atom is 0.271 e.